The maximum absolute atomic E-state index is 14.3. The summed E-state index contributed by atoms with van der Waals surface area (Å²) in [5.41, 5.74) is 1.59. The van der Waals surface area contributed by atoms with Crippen LogP contribution in [0.5, 0.6) is 11.5 Å². The fourth-order valence-corrected chi connectivity index (χ4v) is 7.30. The summed E-state index contributed by atoms with van der Waals surface area (Å²) in [6, 6.07) is 32.5. The molecule has 0 saturated carbocycles. The minimum absolute atomic E-state index is 0.162. The Morgan fingerprint density at radius 2 is 0.872 bits per heavy atom. The van der Waals surface area contributed by atoms with Crippen molar-refractivity contribution in [2.45, 2.75) is 29.4 Å². The van der Waals surface area contributed by atoms with Crippen molar-refractivity contribution in [2.24, 2.45) is 0 Å². The largest absolute Gasteiger partial charge is 0.508 e. The van der Waals surface area contributed by atoms with Gasteiger partial charge in [0.05, 0.1) is 0 Å². The van der Waals surface area contributed by atoms with Gasteiger partial charge in [-0.3, -0.25) is 9.59 Å². The van der Waals surface area contributed by atoms with Crippen molar-refractivity contribution in [1.82, 2.24) is 0 Å². The molecule has 1 aliphatic carbocycles. The molecule has 0 unspecified atom stereocenters. The molecule has 39 heavy (non-hydrogen) atoms. The van der Waals surface area contributed by atoms with Gasteiger partial charge in [0.15, 0.2) is 11.6 Å². The van der Waals surface area contributed by atoms with Crippen LogP contribution < -0.4 is 0 Å². The summed E-state index contributed by atoms with van der Waals surface area (Å²) in [4.78, 5) is 33.2. The molecule has 0 amide bonds. The SMILES string of the molecule is O=C1c2cccc(Sc3ccc(O)cc3)c2C(=O)c2c(Sc3ccccc3)ccc(Sc3ccc(O)cc3)c21. The number of phenols is 2. The molecule has 0 saturated heterocycles. The van der Waals surface area contributed by atoms with Crippen molar-refractivity contribution in [3.63, 3.8) is 0 Å². The molecular formula is C32H20O4S3. The Hall–Kier alpha value is -3.91. The van der Waals surface area contributed by atoms with Crippen LogP contribution in [0.25, 0.3) is 0 Å². The number of rotatable bonds is 6. The second kappa shape index (κ2) is 10.7. The number of hydrogen-bond acceptors (Lipinski definition) is 7. The number of hydrogen-bond donors (Lipinski definition) is 2. The van der Waals surface area contributed by atoms with Gasteiger partial charge in [-0.05, 0) is 78.9 Å². The van der Waals surface area contributed by atoms with Crippen molar-refractivity contribution >= 4 is 46.9 Å². The van der Waals surface area contributed by atoms with Crippen molar-refractivity contribution in [3.05, 3.63) is 131 Å². The van der Waals surface area contributed by atoms with Crippen LogP contribution >= 0.6 is 35.3 Å². The zero-order valence-electron chi connectivity index (χ0n) is 20.3. The Bertz CT molecular complexity index is 1710. The predicted octanol–water partition coefficient (Wildman–Crippen LogP) is 8.33. The summed E-state index contributed by atoms with van der Waals surface area (Å²) in [5, 5.41) is 19.4. The first-order valence-electron chi connectivity index (χ1n) is 12.0. The van der Waals surface area contributed by atoms with E-state index in [4.69, 9.17) is 0 Å². The Morgan fingerprint density at radius 1 is 0.410 bits per heavy atom. The van der Waals surface area contributed by atoms with Crippen LogP contribution in [0.4, 0.5) is 0 Å². The molecule has 0 spiro atoms. The highest BCUT2D eigenvalue weighted by atomic mass is 32.2. The number of aromatic hydroxyl groups is 2. The molecule has 0 fully saturated rings. The Labute approximate surface area is 238 Å². The fraction of sp³-hybridized carbons (Fsp3) is 0. The van der Waals surface area contributed by atoms with Gasteiger partial charge in [-0.15, -0.1) is 0 Å². The molecule has 4 nitrogen and oxygen atoms in total. The fourth-order valence-electron chi connectivity index (χ4n) is 4.38. The zero-order chi connectivity index (χ0) is 26.9. The average Bonchev–Trinajstić information content (AvgIpc) is 2.95. The monoisotopic (exact) mass is 564 g/mol. The lowest BCUT2D eigenvalue weighted by Crippen LogP contribution is -2.23. The summed E-state index contributed by atoms with van der Waals surface area (Å²) < 4.78 is 0. The van der Waals surface area contributed by atoms with Crippen LogP contribution in [0, 0.1) is 0 Å². The van der Waals surface area contributed by atoms with Gasteiger partial charge in [0.1, 0.15) is 11.5 Å². The summed E-state index contributed by atoms with van der Waals surface area (Å²) in [7, 11) is 0. The van der Waals surface area contributed by atoms with Crippen LogP contribution in [0.15, 0.2) is 139 Å². The normalized spacial score (nSPS) is 12.2. The molecular weight excluding hydrogens is 545 g/mol. The van der Waals surface area contributed by atoms with Crippen molar-refractivity contribution < 1.29 is 19.8 Å². The molecule has 2 N–H and O–H groups in total. The lowest BCUT2D eigenvalue weighted by atomic mass is 9.84. The van der Waals surface area contributed by atoms with Gasteiger partial charge in [-0.1, -0.05) is 65.6 Å². The summed E-state index contributed by atoms with van der Waals surface area (Å²) in [5.74, 6) is -0.0525. The molecule has 1 aliphatic rings. The third kappa shape index (κ3) is 5.08. The van der Waals surface area contributed by atoms with E-state index in [0.717, 1.165) is 19.6 Å². The maximum Gasteiger partial charge on any atom is 0.196 e. The summed E-state index contributed by atoms with van der Waals surface area (Å²) >= 11 is 4.24. The van der Waals surface area contributed by atoms with E-state index in [0.29, 0.717) is 32.0 Å². The Kier molecular flexibility index (Phi) is 6.95. The minimum atomic E-state index is -0.190. The number of ketones is 2. The molecule has 0 radical (unpaired) electrons. The highest BCUT2D eigenvalue weighted by molar-refractivity contribution is 8.00. The molecule has 5 aromatic rings. The zero-order valence-corrected chi connectivity index (χ0v) is 22.8. The van der Waals surface area contributed by atoms with Gasteiger partial charge < -0.3 is 10.2 Å². The lowest BCUT2D eigenvalue weighted by Gasteiger charge is -2.24. The second-order valence-electron chi connectivity index (χ2n) is 8.76. The van der Waals surface area contributed by atoms with Crippen molar-refractivity contribution in [2.75, 3.05) is 0 Å². The standard InChI is InChI=1S/C32H20O4S3/c33-19-9-13-22(14-10-19)38-25-8-4-7-24-28(25)32(36)30-27(37-21-5-2-1-3-6-21)18-17-26(29(30)31(24)35)39-23-15-11-20(34)12-16-23/h1-18,33-34H. The molecule has 190 valence electrons. The van der Waals surface area contributed by atoms with Crippen LogP contribution in [0.1, 0.15) is 31.8 Å². The average molecular weight is 565 g/mol. The van der Waals surface area contributed by atoms with Crippen LogP contribution in [0.2, 0.25) is 0 Å². The van der Waals surface area contributed by atoms with E-state index in [1.807, 2.05) is 48.5 Å². The van der Waals surface area contributed by atoms with E-state index in [1.165, 1.54) is 35.3 Å². The van der Waals surface area contributed by atoms with Gasteiger partial charge in [-0.25, -0.2) is 0 Å². The van der Waals surface area contributed by atoms with E-state index in [-0.39, 0.29) is 23.1 Å². The first-order valence-corrected chi connectivity index (χ1v) is 14.5. The van der Waals surface area contributed by atoms with Gasteiger partial charge in [0, 0.05) is 51.6 Å². The molecule has 0 aromatic heterocycles. The summed E-state index contributed by atoms with van der Waals surface area (Å²) in [6.45, 7) is 0. The predicted molar refractivity (Wildman–Crippen MR) is 155 cm³/mol. The van der Waals surface area contributed by atoms with Crippen molar-refractivity contribution in [1.29, 1.82) is 0 Å². The number of carbonyl (C=O) groups is 2. The summed E-state index contributed by atoms with van der Waals surface area (Å²) in [6.07, 6.45) is 0. The van der Waals surface area contributed by atoms with Gasteiger partial charge >= 0.3 is 0 Å². The number of phenolic OH excluding ortho intramolecular Hbond substituents is 2. The lowest BCUT2D eigenvalue weighted by molar-refractivity contribution is 0.0972. The first-order chi connectivity index (χ1) is 19.0. The Morgan fingerprint density at radius 3 is 1.41 bits per heavy atom. The molecule has 0 heterocycles. The van der Waals surface area contributed by atoms with Crippen LogP contribution in [0.3, 0.4) is 0 Å². The van der Waals surface area contributed by atoms with Crippen LogP contribution in [-0.4, -0.2) is 21.8 Å². The first kappa shape index (κ1) is 25.4. The van der Waals surface area contributed by atoms with Crippen LogP contribution in [-0.2, 0) is 0 Å². The second-order valence-corrected chi connectivity index (χ2v) is 12.1. The smallest absolute Gasteiger partial charge is 0.196 e. The van der Waals surface area contributed by atoms with Gasteiger partial charge in [-0.2, -0.15) is 0 Å². The Balaban J connectivity index is 1.49. The molecule has 7 heteroatoms. The van der Waals surface area contributed by atoms with E-state index in [1.54, 1.807) is 60.7 Å². The van der Waals surface area contributed by atoms with E-state index in [9.17, 15) is 19.8 Å². The topological polar surface area (TPSA) is 74.6 Å². The number of fused-ring (bicyclic) bond motifs is 2. The molecule has 0 atom stereocenters. The highest BCUT2D eigenvalue weighted by Crippen LogP contribution is 2.45. The van der Waals surface area contributed by atoms with Gasteiger partial charge in [0.2, 0.25) is 0 Å². The minimum Gasteiger partial charge on any atom is -0.508 e. The third-order valence-corrected chi connectivity index (χ3v) is 9.38. The van der Waals surface area contributed by atoms with Crippen molar-refractivity contribution in [3.8, 4) is 11.5 Å². The number of benzene rings is 5. The quantitative estimate of drug-likeness (QED) is 0.211. The number of carbonyl (C=O) groups excluding carboxylic acids is 2. The van der Waals surface area contributed by atoms with E-state index in [2.05, 4.69) is 0 Å². The maximum atomic E-state index is 14.3. The van der Waals surface area contributed by atoms with Gasteiger partial charge in [0.25, 0.3) is 0 Å². The van der Waals surface area contributed by atoms with E-state index < -0.39 is 0 Å². The molecule has 5 aromatic carbocycles. The molecule has 6 rings (SSSR count). The highest BCUT2D eigenvalue weighted by Gasteiger charge is 2.36. The third-order valence-electron chi connectivity index (χ3n) is 6.18. The molecule has 0 bridgehead atoms. The molecule has 0 aliphatic heterocycles. The van der Waals surface area contributed by atoms with E-state index >= 15 is 0 Å².